The monoisotopic (exact) mass is 403 g/mol. The van der Waals surface area contributed by atoms with E-state index in [4.69, 9.17) is 15.7 Å². The number of nitrogens with two attached hydrogens (primary N) is 1. The minimum Gasteiger partial charge on any atom is -0.242 e. The van der Waals surface area contributed by atoms with Gasteiger partial charge in [0.2, 0.25) is 10.0 Å². The van der Waals surface area contributed by atoms with Crippen LogP contribution in [-0.2, 0) is 10.0 Å². The summed E-state index contributed by atoms with van der Waals surface area (Å²) in [5.41, 5.74) is 1.12. The number of aryl methyl sites for hydroxylation is 1. The zero-order valence-electron chi connectivity index (χ0n) is 13.1. The molecule has 3 aromatic rings. The third kappa shape index (κ3) is 3.44. The van der Waals surface area contributed by atoms with Gasteiger partial charge in [0.05, 0.1) is 28.2 Å². The first-order valence-electron chi connectivity index (χ1n) is 6.94. The van der Waals surface area contributed by atoms with E-state index in [0.717, 1.165) is 22.9 Å². The first kappa shape index (κ1) is 18.0. The Kier molecular flexibility index (Phi) is 4.76. The molecule has 9 nitrogen and oxygen atoms in total. The third-order valence-electron chi connectivity index (χ3n) is 3.28. The van der Waals surface area contributed by atoms with Crippen molar-refractivity contribution in [1.82, 2.24) is 9.36 Å². The second-order valence-electron chi connectivity index (χ2n) is 5.05. The number of nitrogens with zero attached hydrogens (tertiary/aromatic N) is 6. The highest BCUT2D eigenvalue weighted by Gasteiger charge is 2.17. The number of aromatic nitrogens is 2. The first-order valence-corrected chi connectivity index (χ1v) is 10.1. The Balaban J connectivity index is 1.99. The molecule has 0 spiro atoms. The molecule has 3 rings (SSSR count). The maximum Gasteiger partial charge on any atom is 0.238 e. The number of sulfonamides is 1. The SMILES string of the molecule is Cc1nc(C(C#N)C#N)sc1N=Nc1snc2ccc(S(N)(=O)=O)cc12. The van der Waals surface area contributed by atoms with Crippen molar-refractivity contribution >= 4 is 53.8 Å². The molecule has 2 aromatic heterocycles. The Hall–Kier alpha value is -2.77. The predicted molar refractivity (Wildman–Crippen MR) is 96.0 cm³/mol. The summed E-state index contributed by atoms with van der Waals surface area (Å²) in [5, 5.41) is 33.0. The van der Waals surface area contributed by atoms with Gasteiger partial charge in [0.25, 0.3) is 0 Å². The highest BCUT2D eigenvalue weighted by atomic mass is 32.2. The van der Waals surface area contributed by atoms with Crippen LogP contribution >= 0.6 is 22.9 Å². The molecule has 2 N–H and O–H groups in total. The summed E-state index contributed by atoms with van der Waals surface area (Å²) in [5.74, 6) is -0.954. The van der Waals surface area contributed by atoms with Crippen molar-refractivity contribution in [1.29, 1.82) is 10.5 Å². The van der Waals surface area contributed by atoms with Crippen molar-refractivity contribution in [2.24, 2.45) is 15.4 Å². The second-order valence-corrected chi connectivity index (χ2v) is 8.37. The molecule has 0 atom stereocenters. The molecule has 26 heavy (non-hydrogen) atoms. The van der Waals surface area contributed by atoms with Crippen LogP contribution in [0.2, 0.25) is 0 Å². The number of thiazole rings is 1. The summed E-state index contributed by atoms with van der Waals surface area (Å²) >= 11 is 2.17. The summed E-state index contributed by atoms with van der Waals surface area (Å²) < 4.78 is 27.2. The fourth-order valence-corrected chi connectivity index (χ4v) is 4.11. The lowest BCUT2D eigenvalue weighted by molar-refractivity contribution is 0.598. The Morgan fingerprint density at radius 3 is 2.58 bits per heavy atom. The van der Waals surface area contributed by atoms with E-state index in [1.54, 1.807) is 13.0 Å². The molecule has 0 aliphatic carbocycles. The number of hydrogen-bond acceptors (Lipinski definition) is 10. The van der Waals surface area contributed by atoms with Crippen LogP contribution in [0.3, 0.4) is 0 Å². The largest absolute Gasteiger partial charge is 0.242 e. The number of rotatable bonds is 4. The molecule has 0 amide bonds. The number of azo groups is 1. The average molecular weight is 403 g/mol. The maximum absolute atomic E-state index is 11.5. The van der Waals surface area contributed by atoms with E-state index in [2.05, 4.69) is 19.6 Å². The molecule has 2 heterocycles. The van der Waals surface area contributed by atoms with E-state index in [9.17, 15) is 8.42 Å². The molecule has 12 heteroatoms. The molecular weight excluding hydrogens is 394 g/mol. The van der Waals surface area contributed by atoms with Crippen molar-refractivity contribution in [3.63, 3.8) is 0 Å². The molecule has 0 aliphatic heterocycles. The minimum absolute atomic E-state index is 0.0382. The maximum atomic E-state index is 11.5. The Bertz CT molecular complexity index is 1200. The van der Waals surface area contributed by atoms with Crippen LogP contribution in [0, 0.1) is 29.6 Å². The topological polar surface area (TPSA) is 158 Å². The fraction of sp³-hybridized carbons (Fsp3) is 0.143. The van der Waals surface area contributed by atoms with Gasteiger partial charge in [-0.05, 0) is 36.7 Å². The lowest BCUT2D eigenvalue weighted by Crippen LogP contribution is -2.11. The standard InChI is InChI=1S/C14H9N7O2S3/c1-7-12(24-13(18-7)8(5-15)6-16)19-20-14-10-4-9(26(17,22)23)2-3-11(10)21-25-14/h2-4,8H,1H3,(H2,17,22,23). The lowest BCUT2D eigenvalue weighted by atomic mass is 10.2. The average Bonchev–Trinajstić information content (AvgIpc) is 3.16. The highest BCUT2D eigenvalue weighted by Crippen LogP contribution is 2.36. The molecule has 0 saturated carbocycles. The molecule has 0 fully saturated rings. The summed E-state index contributed by atoms with van der Waals surface area (Å²) in [6.45, 7) is 1.70. The third-order valence-corrected chi connectivity index (χ3v) is 6.06. The van der Waals surface area contributed by atoms with Crippen LogP contribution in [0.15, 0.2) is 33.3 Å². The molecule has 1 aromatic carbocycles. The minimum atomic E-state index is -3.84. The van der Waals surface area contributed by atoms with Gasteiger partial charge >= 0.3 is 0 Å². The van der Waals surface area contributed by atoms with E-state index in [0.29, 0.717) is 31.6 Å². The smallest absolute Gasteiger partial charge is 0.238 e. The van der Waals surface area contributed by atoms with Gasteiger partial charge in [0, 0.05) is 5.39 Å². The normalized spacial score (nSPS) is 11.9. The van der Waals surface area contributed by atoms with Crippen LogP contribution in [-0.4, -0.2) is 17.8 Å². The van der Waals surface area contributed by atoms with Crippen molar-refractivity contribution < 1.29 is 8.42 Å². The number of primary sulfonamides is 1. The van der Waals surface area contributed by atoms with Crippen molar-refractivity contribution in [2.45, 2.75) is 17.7 Å². The van der Waals surface area contributed by atoms with E-state index < -0.39 is 15.9 Å². The summed E-state index contributed by atoms with van der Waals surface area (Å²) in [4.78, 5) is 4.13. The van der Waals surface area contributed by atoms with Gasteiger partial charge < -0.3 is 0 Å². The Morgan fingerprint density at radius 2 is 1.92 bits per heavy atom. The fourth-order valence-electron chi connectivity index (χ4n) is 2.01. The summed E-state index contributed by atoms with van der Waals surface area (Å²) in [6, 6.07) is 8.04. The first-order chi connectivity index (χ1) is 12.3. The van der Waals surface area contributed by atoms with Gasteiger partial charge in [-0.25, -0.2) is 18.5 Å². The number of fused-ring (bicyclic) bond motifs is 1. The number of nitriles is 2. The van der Waals surface area contributed by atoms with Gasteiger partial charge in [-0.1, -0.05) is 11.3 Å². The van der Waals surface area contributed by atoms with Crippen molar-refractivity contribution in [2.75, 3.05) is 0 Å². The highest BCUT2D eigenvalue weighted by molar-refractivity contribution is 7.89. The molecule has 0 unspecified atom stereocenters. The Morgan fingerprint density at radius 1 is 1.23 bits per heavy atom. The van der Waals surface area contributed by atoms with Crippen LogP contribution in [0.25, 0.3) is 10.9 Å². The number of benzene rings is 1. The van der Waals surface area contributed by atoms with Crippen LogP contribution in [0.5, 0.6) is 0 Å². The van der Waals surface area contributed by atoms with Crippen LogP contribution < -0.4 is 5.14 Å². The van der Waals surface area contributed by atoms with Gasteiger partial charge in [-0.3, -0.25) is 0 Å². The van der Waals surface area contributed by atoms with Crippen LogP contribution in [0.1, 0.15) is 16.6 Å². The molecule has 0 aliphatic rings. The molecule has 0 saturated heterocycles. The number of hydrogen-bond donors (Lipinski definition) is 1. The zero-order valence-corrected chi connectivity index (χ0v) is 15.6. The predicted octanol–water partition coefficient (Wildman–Crippen LogP) is 3.25. The summed E-state index contributed by atoms with van der Waals surface area (Å²) in [7, 11) is -3.84. The van der Waals surface area contributed by atoms with Gasteiger partial charge in [0.15, 0.2) is 15.9 Å². The zero-order chi connectivity index (χ0) is 18.9. The van der Waals surface area contributed by atoms with E-state index in [-0.39, 0.29) is 4.90 Å². The van der Waals surface area contributed by atoms with E-state index in [1.807, 2.05) is 12.1 Å². The van der Waals surface area contributed by atoms with E-state index >= 15 is 0 Å². The second kappa shape index (κ2) is 6.86. The molecule has 0 radical (unpaired) electrons. The summed E-state index contributed by atoms with van der Waals surface area (Å²) in [6.07, 6.45) is 0. The molecular formula is C14H9N7O2S3. The molecule has 130 valence electrons. The van der Waals surface area contributed by atoms with E-state index in [1.165, 1.54) is 12.1 Å². The van der Waals surface area contributed by atoms with Gasteiger partial charge in [0.1, 0.15) is 5.01 Å². The quantitative estimate of drug-likeness (QED) is 0.658. The van der Waals surface area contributed by atoms with Gasteiger partial charge in [-0.2, -0.15) is 14.9 Å². The Labute approximate surface area is 156 Å². The van der Waals surface area contributed by atoms with Crippen molar-refractivity contribution in [3.05, 3.63) is 28.9 Å². The van der Waals surface area contributed by atoms with Gasteiger partial charge in [-0.15, -0.1) is 10.2 Å². The van der Waals surface area contributed by atoms with Crippen molar-refractivity contribution in [3.8, 4) is 12.1 Å². The van der Waals surface area contributed by atoms with Crippen LogP contribution in [0.4, 0.5) is 10.0 Å². The molecule has 0 bridgehead atoms. The lowest BCUT2D eigenvalue weighted by Gasteiger charge is -1.97.